The molecule has 104 valence electrons. The fraction of sp³-hybridized carbons (Fsp3) is 0.0588. The van der Waals surface area contributed by atoms with Gasteiger partial charge in [-0.1, -0.05) is 12.1 Å². The van der Waals surface area contributed by atoms with E-state index in [0.717, 1.165) is 28.7 Å². The third kappa shape index (κ3) is 2.40. The molecule has 0 unspecified atom stereocenters. The van der Waals surface area contributed by atoms with Crippen LogP contribution in [0.25, 0.3) is 10.9 Å². The predicted octanol–water partition coefficient (Wildman–Crippen LogP) is 4.05. The van der Waals surface area contributed by atoms with Crippen LogP contribution in [0, 0.1) is 18.6 Å². The molecule has 0 aliphatic carbocycles. The van der Waals surface area contributed by atoms with Crippen LogP contribution in [0.15, 0.2) is 48.5 Å². The molecular formula is C17H11F2NO. The molecule has 2 nitrogen and oxygen atoms in total. The summed E-state index contributed by atoms with van der Waals surface area (Å²) in [5, 5.41) is 0.753. The van der Waals surface area contributed by atoms with E-state index in [9.17, 15) is 13.6 Å². The highest BCUT2D eigenvalue weighted by atomic mass is 19.1. The Morgan fingerprint density at radius 1 is 1.00 bits per heavy atom. The first-order valence-electron chi connectivity index (χ1n) is 6.42. The van der Waals surface area contributed by atoms with E-state index in [2.05, 4.69) is 4.98 Å². The van der Waals surface area contributed by atoms with Crippen LogP contribution < -0.4 is 0 Å². The Kier molecular flexibility index (Phi) is 3.22. The molecule has 0 atom stereocenters. The van der Waals surface area contributed by atoms with Crippen molar-refractivity contribution in [1.29, 1.82) is 0 Å². The second-order valence-corrected chi connectivity index (χ2v) is 4.79. The Morgan fingerprint density at radius 3 is 2.43 bits per heavy atom. The average Bonchev–Trinajstić information content (AvgIpc) is 2.46. The number of nitrogens with zero attached hydrogens (tertiary/aromatic N) is 1. The Hall–Kier alpha value is -2.62. The van der Waals surface area contributed by atoms with Gasteiger partial charge in [0.2, 0.25) is 0 Å². The molecule has 4 heteroatoms. The molecule has 0 bridgehead atoms. The molecule has 1 aromatic heterocycles. The lowest BCUT2D eigenvalue weighted by atomic mass is 10.0. The van der Waals surface area contributed by atoms with Crippen LogP contribution in [0.3, 0.4) is 0 Å². The molecule has 0 aliphatic rings. The van der Waals surface area contributed by atoms with Crippen molar-refractivity contribution in [1.82, 2.24) is 4.98 Å². The van der Waals surface area contributed by atoms with E-state index < -0.39 is 23.0 Å². The van der Waals surface area contributed by atoms with Gasteiger partial charge in [0.1, 0.15) is 11.6 Å². The van der Waals surface area contributed by atoms with Gasteiger partial charge in [-0.25, -0.2) is 8.78 Å². The first-order valence-corrected chi connectivity index (χ1v) is 6.42. The molecule has 21 heavy (non-hydrogen) atoms. The molecule has 0 saturated carbocycles. The van der Waals surface area contributed by atoms with Gasteiger partial charge >= 0.3 is 0 Å². The number of carbonyl (C=O) groups is 1. The normalized spacial score (nSPS) is 10.8. The van der Waals surface area contributed by atoms with E-state index in [1.54, 1.807) is 12.1 Å². The molecule has 3 aromatic rings. The van der Waals surface area contributed by atoms with Gasteiger partial charge < -0.3 is 0 Å². The lowest BCUT2D eigenvalue weighted by molar-refractivity contribution is 0.103. The van der Waals surface area contributed by atoms with Crippen LogP contribution in [0.1, 0.15) is 21.6 Å². The van der Waals surface area contributed by atoms with Crippen LogP contribution in [-0.4, -0.2) is 10.8 Å². The zero-order chi connectivity index (χ0) is 15.0. The number of hydrogen-bond donors (Lipinski definition) is 0. The molecular weight excluding hydrogens is 272 g/mol. The number of aromatic nitrogens is 1. The highest BCUT2D eigenvalue weighted by Crippen LogP contribution is 2.20. The van der Waals surface area contributed by atoms with Crippen molar-refractivity contribution in [2.24, 2.45) is 0 Å². The standard InChI is InChI=1S/C17H11F2NO/c1-10-5-6-11-9-12(7-8-15(11)20-10)17(21)16-13(18)3-2-4-14(16)19/h2-9H,1H3. The minimum Gasteiger partial charge on any atom is -0.288 e. The van der Waals surface area contributed by atoms with Crippen molar-refractivity contribution in [3.8, 4) is 0 Å². The summed E-state index contributed by atoms with van der Waals surface area (Å²) in [5.41, 5.74) is 1.30. The lowest BCUT2D eigenvalue weighted by Crippen LogP contribution is -2.07. The Labute approximate surface area is 120 Å². The van der Waals surface area contributed by atoms with Crippen LogP contribution in [0.2, 0.25) is 0 Å². The molecule has 1 heterocycles. The summed E-state index contributed by atoms with van der Waals surface area (Å²) < 4.78 is 27.4. The number of ketones is 1. The van der Waals surface area contributed by atoms with E-state index in [1.165, 1.54) is 12.1 Å². The minimum atomic E-state index is -0.859. The fourth-order valence-corrected chi connectivity index (χ4v) is 2.23. The van der Waals surface area contributed by atoms with Crippen molar-refractivity contribution in [3.63, 3.8) is 0 Å². The van der Waals surface area contributed by atoms with E-state index in [-0.39, 0.29) is 5.56 Å². The van der Waals surface area contributed by atoms with Crippen molar-refractivity contribution >= 4 is 16.7 Å². The molecule has 0 radical (unpaired) electrons. The highest BCUT2D eigenvalue weighted by molar-refractivity contribution is 6.10. The summed E-state index contributed by atoms with van der Waals surface area (Å²) in [6.45, 7) is 1.87. The monoisotopic (exact) mass is 283 g/mol. The van der Waals surface area contributed by atoms with Gasteiger partial charge in [-0.15, -0.1) is 0 Å². The van der Waals surface area contributed by atoms with Crippen molar-refractivity contribution in [2.45, 2.75) is 6.92 Å². The Balaban J connectivity index is 2.12. The van der Waals surface area contributed by atoms with Crippen LogP contribution in [-0.2, 0) is 0 Å². The topological polar surface area (TPSA) is 30.0 Å². The summed E-state index contributed by atoms with van der Waals surface area (Å²) in [6, 6.07) is 11.8. The smallest absolute Gasteiger partial charge is 0.198 e. The first kappa shape index (κ1) is 13.4. The third-order valence-corrected chi connectivity index (χ3v) is 3.28. The summed E-state index contributed by atoms with van der Waals surface area (Å²) in [5.74, 6) is -2.39. The first-order chi connectivity index (χ1) is 10.1. The van der Waals surface area contributed by atoms with Crippen LogP contribution >= 0.6 is 0 Å². The van der Waals surface area contributed by atoms with Gasteiger partial charge in [0.15, 0.2) is 5.78 Å². The third-order valence-electron chi connectivity index (χ3n) is 3.28. The molecule has 2 aromatic carbocycles. The fourth-order valence-electron chi connectivity index (χ4n) is 2.23. The lowest BCUT2D eigenvalue weighted by Gasteiger charge is -2.06. The largest absolute Gasteiger partial charge is 0.288 e. The Morgan fingerprint density at radius 2 is 1.71 bits per heavy atom. The van der Waals surface area contributed by atoms with Gasteiger partial charge in [0.05, 0.1) is 11.1 Å². The van der Waals surface area contributed by atoms with Crippen molar-refractivity contribution < 1.29 is 13.6 Å². The number of benzene rings is 2. The van der Waals surface area contributed by atoms with E-state index >= 15 is 0 Å². The molecule has 3 rings (SSSR count). The second kappa shape index (κ2) is 5.05. The predicted molar refractivity (Wildman–Crippen MR) is 76.3 cm³/mol. The minimum absolute atomic E-state index is 0.233. The van der Waals surface area contributed by atoms with E-state index in [0.29, 0.717) is 0 Å². The Bertz CT molecular complexity index is 838. The maximum absolute atomic E-state index is 13.7. The van der Waals surface area contributed by atoms with Gasteiger partial charge in [-0.2, -0.15) is 0 Å². The zero-order valence-corrected chi connectivity index (χ0v) is 11.2. The van der Waals surface area contributed by atoms with Gasteiger partial charge in [-0.05, 0) is 43.3 Å². The van der Waals surface area contributed by atoms with E-state index in [1.807, 2.05) is 19.1 Å². The molecule has 0 fully saturated rings. The van der Waals surface area contributed by atoms with Crippen molar-refractivity contribution in [3.05, 3.63) is 77.0 Å². The number of halogens is 2. The molecule has 0 amide bonds. The number of aryl methyl sites for hydroxylation is 1. The van der Waals surface area contributed by atoms with Crippen LogP contribution in [0.5, 0.6) is 0 Å². The molecule has 0 saturated heterocycles. The van der Waals surface area contributed by atoms with E-state index in [4.69, 9.17) is 0 Å². The quantitative estimate of drug-likeness (QED) is 0.664. The maximum Gasteiger partial charge on any atom is 0.198 e. The summed E-state index contributed by atoms with van der Waals surface area (Å²) in [7, 11) is 0. The molecule has 0 spiro atoms. The highest BCUT2D eigenvalue weighted by Gasteiger charge is 2.18. The SMILES string of the molecule is Cc1ccc2cc(C(=O)c3c(F)cccc3F)ccc2n1. The average molecular weight is 283 g/mol. The zero-order valence-electron chi connectivity index (χ0n) is 11.2. The van der Waals surface area contributed by atoms with Crippen molar-refractivity contribution in [2.75, 3.05) is 0 Å². The summed E-state index contributed by atoms with van der Waals surface area (Å²) in [6.07, 6.45) is 0. The number of pyridine rings is 1. The second-order valence-electron chi connectivity index (χ2n) is 4.79. The van der Waals surface area contributed by atoms with Gasteiger partial charge in [0, 0.05) is 16.6 Å². The maximum atomic E-state index is 13.7. The number of hydrogen-bond acceptors (Lipinski definition) is 2. The summed E-state index contributed by atoms with van der Waals surface area (Å²) >= 11 is 0. The molecule has 0 aliphatic heterocycles. The number of rotatable bonds is 2. The summed E-state index contributed by atoms with van der Waals surface area (Å²) in [4.78, 5) is 16.6. The molecule has 0 N–H and O–H groups in total. The van der Waals surface area contributed by atoms with Crippen LogP contribution in [0.4, 0.5) is 8.78 Å². The number of carbonyl (C=O) groups excluding carboxylic acids is 1. The van der Waals surface area contributed by atoms with Gasteiger partial charge in [0.25, 0.3) is 0 Å². The van der Waals surface area contributed by atoms with Gasteiger partial charge in [-0.3, -0.25) is 9.78 Å². The number of fused-ring (bicyclic) bond motifs is 1.